The SMILES string of the molecule is CCOC(=O)C(F)(F)[C@H](N)c1c(F)cccc1OC.Cl. The Balaban J connectivity index is 0.00000361. The van der Waals surface area contributed by atoms with Gasteiger partial charge in [-0.2, -0.15) is 8.78 Å². The zero-order valence-corrected chi connectivity index (χ0v) is 11.7. The van der Waals surface area contributed by atoms with Crippen molar-refractivity contribution in [3.63, 3.8) is 0 Å². The number of methoxy groups -OCH3 is 1. The van der Waals surface area contributed by atoms with Crippen LogP contribution >= 0.6 is 12.4 Å². The van der Waals surface area contributed by atoms with E-state index in [1.807, 2.05) is 0 Å². The average molecular weight is 314 g/mol. The molecule has 4 nitrogen and oxygen atoms in total. The van der Waals surface area contributed by atoms with Crippen molar-refractivity contribution in [2.24, 2.45) is 5.73 Å². The minimum Gasteiger partial charge on any atom is -0.496 e. The van der Waals surface area contributed by atoms with E-state index in [-0.39, 0.29) is 24.8 Å². The van der Waals surface area contributed by atoms with Crippen LogP contribution in [0, 0.1) is 5.82 Å². The van der Waals surface area contributed by atoms with E-state index < -0.39 is 29.3 Å². The Labute approximate surface area is 120 Å². The summed E-state index contributed by atoms with van der Waals surface area (Å²) in [6.07, 6.45) is 0. The van der Waals surface area contributed by atoms with Gasteiger partial charge in [0.05, 0.1) is 19.3 Å². The largest absolute Gasteiger partial charge is 0.496 e. The first-order chi connectivity index (χ1) is 8.86. The summed E-state index contributed by atoms with van der Waals surface area (Å²) in [7, 11) is 1.19. The molecule has 8 heteroatoms. The lowest BCUT2D eigenvalue weighted by molar-refractivity contribution is -0.175. The van der Waals surface area contributed by atoms with E-state index in [1.54, 1.807) is 0 Å². The summed E-state index contributed by atoms with van der Waals surface area (Å²) in [5, 5.41) is 0. The Kier molecular flexibility index (Phi) is 6.81. The first-order valence-corrected chi connectivity index (χ1v) is 5.49. The van der Waals surface area contributed by atoms with Gasteiger partial charge in [0.25, 0.3) is 0 Å². The van der Waals surface area contributed by atoms with E-state index in [9.17, 15) is 18.0 Å². The Morgan fingerprint density at radius 2 is 2.05 bits per heavy atom. The van der Waals surface area contributed by atoms with Crippen LogP contribution in [0.1, 0.15) is 18.5 Å². The third kappa shape index (κ3) is 3.55. The fourth-order valence-electron chi connectivity index (χ4n) is 1.53. The summed E-state index contributed by atoms with van der Waals surface area (Å²) in [5.41, 5.74) is 4.74. The van der Waals surface area contributed by atoms with Gasteiger partial charge < -0.3 is 15.2 Å². The van der Waals surface area contributed by atoms with Crippen LogP contribution in [0.5, 0.6) is 5.75 Å². The van der Waals surface area contributed by atoms with Crippen LogP contribution in [0.25, 0.3) is 0 Å². The van der Waals surface area contributed by atoms with Crippen molar-refractivity contribution in [2.45, 2.75) is 18.9 Å². The summed E-state index contributed by atoms with van der Waals surface area (Å²) in [5.74, 6) is -6.98. The number of hydrogen-bond acceptors (Lipinski definition) is 4. The molecule has 0 saturated carbocycles. The number of ether oxygens (including phenoxy) is 2. The monoisotopic (exact) mass is 313 g/mol. The highest BCUT2D eigenvalue weighted by Gasteiger charge is 2.49. The molecule has 0 aromatic heterocycles. The van der Waals surface area contributed by atoms with Crippen LogP contribution in [0.3, 0.4) is 0 Å². The molecule has 0 bridgehead atoms. The summed E-state index contributed by atoms with van der Waals surface area (Å²) >= 11 is 0. The molecular formula is C12H15ClF3NO3. The highest BCUT2D eigenvalue weighted by molar-refractivity contribution is 5.85. The number of benzene rings is 1. The number of alkyl halides is 2. The van der Waals surface area contributed by atoms with Crippen molar-refractivity contribution in [3.8, 4) is 5.75 Å². The Hall–Kier alpha value is -1.47. The summed E-state index contributed by atoms with van der Waals surface area (Å²) in [6.45, 7) is 1.15. The first-order valence-electron chi connectivity index (χ1n) is 5.49. The Morgan fingerprint density at radius 1 is 1.45 bits per heavy atom. The number of nitrogens with two attached hydrogens (primary N) is 1. The second-order valence-electron chi connectivity index (χ2n) is 3.68. The topological polar surface area (TPSA) is 61.5 Å². The quantitative estimate of drug-likeness (QED) is 0.848. The Morgan fingerprint density at radius 3 is 2.55 bits per heavy atom. The summed E-state index contributed by atoms with van der Waals surface area (Å²) in [6, 6.07) is 1.33. The van der Waals surface area contributed by atoms with Gasteiger partial charge in [-0.05, 0) is 19.1 Å². The third-order valence-corrected chi connectivity index (χ3v) is 2.48. The number of halogens is 4. The normalized spacial score (nSPS) is 12.3. The van der Waals surface area contributed by atoms with Gasteiger partial charge in [-0.15, -0.1) is 12.4 Å². The molecule has 0 fully saturated rings. The van der Waals surface area contributed by atoms with Crippen molar-refractivity contribution in [1.82, 2.24) is 0 Å². The molecule has 1 aromatic carbocycles. The van der Waals surface area contributed by atoms with Crippen LogP contribution in [0.2, 0.25) is 0 Å². The molecule has 0 unspecified atom stereocenters. The van der Waals surface area contributed by atoms with Crippen LogP contribution in [0.15, 0.2) is 18.2 Å². The van der Waals surface area contributed by atoms with Gasteiger partial charge in [0.15, 0.2) is 0 Å². The van der Waals surface area contributed by atoms with Crippen molar-refractivity contribution >= 4 is 18.4 Å². The van der Waals surface area contributed by atoms with Crippen LogP contribution in [-0.4, -0.2) is 25.6 Å². The predicted molar refractivity (Wildman–Crippen MR) is 68.7 cm³/mol. The van der Waals surface area contributed by atoms with Gasteiger partial charge in [-0.25, -0.2) is 9.18 Å². The maximum Gasteiger partial charge on any atom is 0.379 e. The van der Waals surface area contributed by atoms with E-state index in [0.29, 0.717) is 0 Å². The van der Waals surface area contributed by atoms with Crippen molar-refractivity contribution in [3.05, 3.63) is 29.6 Å². The van der Waals surface area contributed by atoms with E-state index in [0.717, 1.165) is 6.07 Å². The lowest BCUT2D eigenvalue weighted by Crippen LogP contribution is -2.42. The maximum atomic E-state index is 13.8. The zero-order chi connectivity index (χ0) is 14.6. The fourth-order valence-corrected chi connectivity index (χ4v) is 1.53. The van der Waals surface area contributed by atoms with E-state index in [2.05, 4.69) is 4.74 Å². The minimum atomic E-state index is -4.05. The van der Waals surface area contributed by atoms with Gasteiger partial charge in [-0.3, -0.25) is 0 Å². The molecule has 1 atom stereocenters. The third-order valence-electron chi connectivity index (χ3n) is 2.48. The molecule has 0 amide bonds. The second-order valence-corrected chi connectivity index (χ2v) is 3.68. The number of carbonyl (C=O) groups is 1. The second kappa shape index (κ2) is 7.35. The minimum absolute atomic E-state index is 0. The molecule has 0 radical (unpaired) electrons. The fraction of sp³-hybridized carbons (Fsp3) is 0.417. The molecule has 0 aliphatic heterocycles. The average Bonchev–Trinajstić information content (AvgIpc) is 2.37. The van der Waals surface area contributed by atoms with Gasteiger partial charge in [0.1, 0.15) is 17.6 Å². The van der Waals surface area contributed by atoms with Gasteiger partial charge in [-0.1, -0.05) is 6.07 Å². The number of rotatable bonds is 5. The molecule has 0 spiro atoms. The highest BCUT2D eigenvalue weighted by atomic mass is 35.5. The van der Waals surface area contributed by atoms with Crippen molar-refractivity contribution in [1.29, 1.82) is 0 Å². The van der Waals surface area contributed by atoms with E-state index in [1.165, 1.54) is 26.2 Å². The Bertz CT molecular complexity index is 471. The van der Waals surface area contributed by atoms with Crippen molar-refractivity contribution in [2.75, 3.05) is 13.7 Å². The number of esters is 1. The highest BCUT2D eigenvalue weighted by Crippen LogP contribution is 2.36. The van der Waals surface area contributed by atoms with E-state index >= 15 is 0 Å². The molecule has 0 aliphatic rings. The molecule has 1 aromatic rings. The molecule has 0 heterocycles. The number of hydrogen-bond donors (Lipinski definition) is 1. The maximum absolute atomic E-state index is 13.8. The molecule has 114 valence electrons. The zero-order valence-electron chi connectivity index (χ0n) is 10.9. The van der Waals surface area contributed by atoms with Crippen LogP contribution in [0.4, 0.5) is 13.2 Å². The smallest absolute Gasteiger partial charge is 0.379 e. The molecule has 20 heavy (non-hydrogen) atoms. The molecule has 1 rings (SSSR count). The summed E-state index contributed by atoms with van der Waals surface area (Å²) in [4.78, 5) is 11.2. The van der Waals surface area contributed by atoms with Gasteiger partial charge in [0.2, 0.25) is 0 Å². The molecular weight excluding hydrogens is 299 g/mol. The molecule has 2 N–H and O–H groups in total. The number of carbonyl (C=O) groups excluding carboxylic acids is 1. The molecule has 0 saturated heterocycles. The first kappa shape index (κ1) is 18.5. The predicted octanol–water partition coefficient (Wildman–Crippen LogP) is 2.45. The van der Waals surface area contributed by atoms with E-state index in [4.69, 9.17) is 10.5 Å². The summed E-state index contributed by atoms with van der Waals surface area (Å²) < 4.78 is 50.1. The van der Waals surface area contributed by atoms with Crippen LogP contribution in [-0.2, 0) is 9.53 Å². The van der Waals surface area contributed by atoms with Crippen LogP contribution < -0.4 is 10.5 Å². The van der Waals surface area contributed by atoms with Crippen molar-refractivity contribution < 1.29 is 27.4 Å². The lowest BCUT2D eigenvalue weighted by atomic mass is 9.99. The van der Waals surface area contributed by atoms with Gasteiger partial charge in [0, 0.05) is 0 Å². The molecule has 0 aliphatic carbocycles. The van der Waals surface area contributed by atoms with Gasteiger partial charge >= 0.3 is 11.9 Å². The standard InChI is InChI=1S/C12H14F3NO3.ClH/c1-3-19-11(17)12(14,15)10(16)9-7(13)5-4-6-8(9)18-2;/h4-6,10H,3,16H2,1-2H3;1H/t10-;/m1./s1. The lowest BCUT2D eigenvalue weighted by Gasteiger charge is -2.23.